The molecule has 9 nitrogen and oxygen atoms in total. The van der Waals surface area contributed by atoms with Crippen LogP contribution in [0.15, 0.2) is 21.7 Å². The van der Waals surface area contributed by atoms with E-state index >= 15 is 0 Å². The number of amides is 1. The molecule has 0 aliphatic carbocycles. The molecule has 0 spiro atoms. The summed E-state index contributed by atoms with van der Waals surface area (Å²) in [5.41, 5.74) is 0.371. The van der Waals surface area contributed by atoms with Gasteiger partial charge in [0.1, 0.15) is 5.69 Å². The van der Waals surface area contributed by atoms with E-state index < -0.39 is 17.4 Å². The number of carbonyl (C=O) groups is 1. The standard InChI is InChI=1S/C15H19N5O4/c1-9(21)11-6-10-8-19(4-5-20(10)16-11)14(23)12-7-13(22)18(3)15(24)17(12)2/h6-7,9,21H,4-5,8H2,1-3H3/t9-/m0/s1. The van der Waals surface area contributed by atoms with Gasteiger partial charge in [-0.2, -0.15) is 5.10 Å². The number of aromatic nitrogens is 4. The van der Waals surface area contributed by atoms with E-state index in [1.807, 2.05) is 0 Å². The number of aliphatic hydroxyl groups excluding tert-OH is 1. The number of hydrogen-bond acceptors (Lipinski definition) is 5. The highest BCUT2D eigenvalue weighted by molar-refractivity contribution is 5.92. The van der Waals surface area contributed by atoms with Crippen molar-refractivity contribution in [2.45, 2.75) is 26.1 Å². The first-order valence-electron chi connectivity index (χ1n) is 7.60. The number of hydrogen-bond donors (Lipinski definition) is 1. The highest BCUT2D eigenvalue weighted by atomic mass is 16.3. The van der Waals surface area contributed by atoms with Crippen molar-refractivity contribution >= 4 is 5.91 Å². The van der Waals surface area contributed by atoms with Crippen molar-refractivity contribution in [2.75, 3.05) is 6.54 Å². The van der Waals surface area contributed by atoms with Crippen molar-refractivity contribution in [3.05, 3.63) is 50.1 Å². The molecule has 24 heavy (non-hydrogen) atoms. The summed E-state index contributed by atoms with van der Waals surface area (Å²) < 4.78 is 3.89. The first-order valence-corrected chi connectivity index (χ1v) is 7.60. The lowest BCUT2D eigenvalue weighted by atomic mass is 10.2. The third kappa shape index (κ3) is 2.56. The third-order valence-corrected chi connectivity index (χ3v) is 4.28. The Labute approximate surface area is 137 Å². The van der Waals surface area contributed by atoms with Crippen molar-refractivity contribution in [1.29, 1.82) is 0 Å². The van der Waals surface area contributed by atoms with E-state index in [-0.39, 0.29) is 11.6 Å². The van der Waals surface area contributed by atoms with E-state index in [0.29, 0.717) is 25.3 Å². The van der Waals surface area contributed by atoms with Crippen LogP contribution in [0.3, 0.4) is 0 Å². The Morgan fingerprint density at radius 3 is 2.58 bits per heavy atom. The number of aliphatic hydroxyl groups is 1. The largest absolute Gasteiger partial charge is 0.387 e. The van der Waals surface area contributed by atoms with Gasteiger partial charge in [-0.3, -0.25) is 23.4 Å². The fourth-order valence-corrected chi connectivity index (χ4v) is 2.77. The van der Waals surface area contributed by atoms with Crippen molar-refractivity contribution in [3.8, 4) is 0 Å². The average Bonchev–Trinajstić information content (AvgIpc) is 2.99. The summed E-state index contributed by atoms with van der Waals surface area (Å²) in [6.45, 7) is 2.84. The smallest absolute Gasteiger partial charge is 0.331 e. The minimum Gasteiger partial charge on any atom is -0.387 e. The molecule has 0 unspecified atom stereocenters. The number of carbonyl (C=O) groups excluding carboxylic acids is 1. The molecule has 0 saturated heterocycles. The molecule has 2 aromatic rings. The molecule has 0 aromatic carbocycles. The molecule has 1 aliphatic rings. The van der Waals surface area contributed by atoms with Crippen LogP contribution < -0.4 is 11.2 Å². The first-order chi connectivity index (χ1) is 11.3. The predicted octanol–water partition coefficient (Wildman–Crippen LogP) is -1.01. The molecule has 1 amide bonds. The Morgan fingerprint density at radius 2 is 1.92 bits per heavy atom. The van der Waals surface area contributed by atoms with Crippen LogP contribution in [0.2, 0.25) is 0 Å². The molecule has 3 rings (SSSR count). The molecule has 0 saturated carbocycles. The summed E-state index contributed by atoms with van der Waals surface area (Å²) >= 11 is 0. The zero-order valence-corrected chi connectivity index (χ0v) is 13.8. The number of nitrogens with zero attached hydrogens (tertiary/aromatic N) is 5. The Hall–Kier alpha value is -2.68. The third-order valence-electron chi connectivity index (χ3n) is 4.28. The maximum Gasteiger partial charge on any atom is 0.331 e. The van der Waals surface area contributed by atoms with Crippen molar-refractivity contribution in [1.82, 2.24) is 23.8 Å². The van der Waals surface area contributed by atoms with Gasteiger partial charge in [0.2, 0.25) is 0 Å². The summed E-state index contributed by atoms with van der Waals surface area (Å²) in [4.78, 5) is 38.1. The second-order valence-corrected chi connectivity index (χ2v) is 5.95. The van der Waals surface area contributed by atoms with E-state index in [9.17, 15) is 19.5 Å². The van der Waals surface area contributed by atoms with E-state index in [2.05, 4.69) is 5.10 Å². The molecule has 1 N–H and O–H groups in total. The summed E-state index contributed by atoms with van der Waals surface area (Å²) in [5, 5.41) is 13.9. The van der Waals surface area contributed by atoms with Crippen LogP contribution in [0.4, 0.5) is 0 Å². The molecule has 9 heteroatoms. The minimum atomic E-state index is -0.676. The van der Waals surface area contributed by atoms with Gasteiger partial charge in [-0.25, -0.2) is 4.79 Å². The topological polar surface area (TPSA) is 102 Å². The van der Waals surface area contributed by atoms with E-state index in [4.69, 9.17) is 0 Å². The predicted molar refractivity (Wildman–Crippen MR) is 84.5 cm³/mol. The lowest BCUT2D eigenvalue weighted by molar-refractivity contribution is 0.0693. The molecule has 1 aliphatic heterocycles. The van der Waals surface area contributed by atoms with E-state index in [0.717, 1.165) is 10.3 Å². The average molecular weight is 333 g/mol. The van der Waals surface area contributed by atoms with Gasteiger partial charge in [0.15, 0.2) is 0 Å². The number of fused-ring (bicyclic) bond motifs is 1. The fourth-order valence-electron chi connectivity index (χ4n) is 2.77. The van der Waals surface area contributed by atoms with Crippen molar-refractivity contribution in [3.63, 3.8) is 0 Å². The van der Waals surface area contributed by atoms with Crippen LogP contribution in [0.1, 0.15) is 34.9 Å². The molecule has 0 bridgehead atoms. The second-order valence-electron chi connectivity index (χ2n) is 5.95. The molecule has 2 aromatic heterocycles. The van der Waals surface area contributed by atoms with Crippen molar-refractivity contribution < 1.29 is 9.90 Å². The Bertz CT molecular complexity index is 921. The van der Waals surface area contributed by atoms with Gasteiger partial charge in [-0.15, -0.1) is 0 Å². The first kappa shape index (κ1) is 16.2. The maximum atomic E-state index is 12.7. The Balaban J connectivity index is 1.92. The number of rotatable bonds is 2. The van der Waals surface area contributed by atoms with Gasteiger partial charge >= 0.3 is 5.69 Å². The highest BCUT2D eigenvalue weighted by Crippen LogP contribution is 2.18. The van der Waals surface area contributed by atoms with Crippen LogP contribution in [-0.2, 0) is 27.2 Å². The molecule has 1 atom stereocenters. The minimum absolute atomic E-state index is 0.0619. The van der Waals surface area contributed by atoms with Gasteiger partial charge in [-0.05, 0) is 13.0 Å². The SMILES string of the molecule is C[C@H](O)c1cc2n(n1)CCN(C(=O)c1cc(=O)n(C)c(=O)n1C)C2. The second kappa shape index (κ2) is 5.75. The van der Waals surface area contributed by atoms with E-state index in [1.54, 1.807) is 22.6 Å². The Kier molecular flexibility index (Phi) is 3.88. The molecule has 0 radical (unpaired) electrons. The summed E-state index contributed by atoms with van der Waals surface area (Å²) in [6, 6.07) is 2.93. The van der Waals surface area contributed by atoms with E-state index in [1.165, 1.54) is 24.7 Å². The van der Waals surface area contributed by atoms with Gasteiger partial charge in [-0.1, -0.05) is 0 Å². The van der Waals surface area contributed by atoms with Crippen LogP contribution in [0.5, 0.6) is 0 Å². The zero-order valence-electron chi connectivity index (χ0n) is 13.8. The van der Waals surface area contributed by atoms with Gasteiger partial charge in [0.05, 0.1) is 30.6 Å². The molecule has 128 valence electrons. The lowest BCUT2D eigenvalue weighted by Crippen LogP contribution is -2.44. The van der Waals surface area contributed by atoms with Crippen LogP contribution in [0, 0.1) is 0 Å². The monoisotopic (exact) mass is 333 g/mol. The zero-order chi connectivity index (χ0) is 17.6. The Morgan fingerprint density at radius 1 is 1.21 bits per heavy atom. The summed E-state index contributed by atoms with van der Waals surface area (Å²) in [7, 11) is 2.84. The van der Waals surface area contributed by atoms with Crippen molar-refractivity contribution in [2.24, 2.45) is 14.1 Å². The maximum absolute atomic E-state index is 12.7. The summed E-state index contributed by atoms with van der Waals surface area (Å²) in [6.07, 6.45) is -0.676. The normalized spacial score (nSPS) is 15.2. The lowest BCUT2D eigenvalue weighted by Gasteiger charge is -2.28. The fraction of sp³-hybridized carbons (Fsp3) is 0.467. The molecular weight excluding hydrogens is 314 g/mol. The van der Waals surface area contributed by atoms with Crippen LogP contribution >= 0.6 is 0 Å². The molecule has 3 heterocycles. The summed E-state index contributed by atoms with van der Waals surface area (Å²) in [5.74, 6) is -0.377. The van der Waals surface area contributed by atoms with Gasteiger partial charge in [0.25, 0.3) is 11.5 Å². The van der Waals surface area contributed by atoms with Gasteiger partial charge < -0.3 is 10.0 Å². The quantitative estimate of drug-likeness (QED) is 0.759. The highest BCUT2D eigenvalue weighted by Gasteiger charge is 2.26. The van der Waals surface area contributed by atoms with Gasteiger partial charge in [0, 0.05) is 26.7 Å². The van der Waals surface area contributed by atoms with Crippen LogP contribution in [0.25, 0.3) is 0 Å². The molecule has 0 fully saturated rings. The van der Waals surface area contributed by atoms with Crippen LogP contribution in [-0.4, -0.2) is 41.4 Å². The molecular formula is C15H19N5O4.